The van der Waals surface area contributed by atoms with Gasteiger partial charge in [0.15, 0.2) is 6.10 Å². The van der Waals surface area contributed by atoms with Crippen LogP contribution in [0.3, 0.4) is 0 Å². The number of halogens is 1. The van der Waals surface area contributed by atoms with Crippen molar-refractivity contribution < 1.29 is 14.3 Å². The van der Waals surface area contributed by atoms with Crippen LogP contribution in [0.2, 0.25) is 0 Å². The van der Waals surface area contributed by atoms with E-state index >= 15 is 0 Å². The molecule has 1 unspecified atom stereocenters. The van der Waals surface area contributed by atoms with Gasteiger partial charge in [-0.15, -0.1) is 6.58 Å². The largest absolute Gasteiger partial charge is 0.452 e. The van der Waals surface area contributed by atoms with Crippen molar-refractivity contribution in [3.63, 3.8) is 0 Å². The van der Waals surface area contributed by atoms with Crippen molar-refractivity contribution in [1.29, 1.82) is 0 Å². The fourth-order valence-corrected chi connectivity index (χ4v) is 1.54. The molecule has 0 spiro atoms. The van der Waals surface area contributed by atoms with Crippen molar-refractivity contribution in [2.24, 2.45) is 5.41 Å². The standard InChI is InChI=1S/C9H11ClO3/c1-3-4-9(2)5-6(7(10)11)13-8(9)12/h3,6H,1,4-5H2,2H3/t6?,9-/m0/s1. The Hall–Kier alpha value is -0.830. The highest BCUT2D eigenvalue weighted by Gasteiger charge is 2.46. The quantitative estimate of drug-likeness (QED) is 0.397. The lowest BCUT2D eigenvalue weighted by Gasteiger charge is -2.15. The Morgan fingerprint density at radius 3 is 2.92 bits per heavy atom. The van der Waals surface area contributed by atoms with E-state index < -0.39 is 16.8 Å². The molecule has 0 N–H and O–H groups in total. The minimum Gasteiger partial charge on any atom is -0.452 e. The highest BCUT2D eigenvalue weighted by Crippen LogP contribution is 2.37. The minimum atomic E-state index is -0.779. The van der Waals surface area contributed by atoms with E-state index in [9.17, 15) is 9.59 Å². The third-order valence-corrected chi connectivity index (χ3v) is 2.47. The molecule has 0 aliphatic carbocycles. The highest BCUT2D eigenvalue weighted by molar-refractivity contribution is 6.64. The number of allylic oxidation sites excluding steroid dienone is 1. The maximum atomic E-state index is 11.3. The SMILES string of the molecule is C=CC[C@@]1(C)CC(C(=O)Cl)OC1=O. The molecule has 3 nitrogen and oxygen atoms in total. The molecule has 1 aliphatic rings. The van der Waals surface area contributed by atoms with E-state index in [0.29, 0.717) is 12.8 Å². The summed E-state index contributed by atoms with van der Waals surface area (Å²) >= 11 is 5.23. The first-order chi connectivity index (χ1) is 5.99. The van der Waals surface area contributed by atoms with E-state index in [0.717, 1.165) is 0 Å². The maximum Gasteiger partial charge on any atom is 0.313 e. The molecule has 0 aromatic carbocycles. The average molecular weight is 203 g/mol. The van der Waals surface area contributed by atoms with Crippen LogP contribution in [0.15, 0.2) is 12.7 Å². The second-order valence-corrected chi connectivity index (χ2v) is 3.83. The Morgan fingerprint density at radius 1 is 1.92 bits per heavy atom. The summed E-state index contributed by atoms with van der Waals surface area (Å²) in [5.41, 5.74) is -0.628. The van der Waals surface area contributed by atoms with Gasteiger partial charge in [-0.3, -0.25) is 9.59 Å². The van der Waals surface area contributed by atoms with Crippen LogP contribution < -0.4 is 0 Å². The fourth-order valence-electron chi connectivity index (χ4n) is 1.42. The van der Waals surface area contributed by atoms with Gasteiger partial charge in [0.25, 0.3) is 5.24 Å². The lowest BCUT2D eigenvalue weighted by Crippen LogP contribution is -2.21. The van der Waals surface area contributed by atoms with Crippen molar-refractivity contribution >= 4 is 22.8 Å². The van der Waals surface area contributed by atoms with E-state index in [1.54, 1.807) is 13.0 Å². The predicted molar refractivity (Wildman–Crippen MR) is 48.3 cm³/mol. The first-order valence-corrected chi connectivity index (χ1v) is 4.39. The Bertz CT molecular complexity index is 262. The molecule has 0 bridgehead atoms. The van der Waals surface area contributed by atoms with Crippen LogP contribution in [0, 0.1) is 5.41 Å². The number of hydrogen-bond acceptors (Lipinski definition) is 3. The van der Waals surface area contributed by atoms with Crippen LogP contribution in [-0.4, -0.2) is 17.3 Å². The molecule has 0 radical (unpaired) electrons. The number of carbonyl (C=O) groups excluding carboxylic acids is 2. The van der Waals surface area contributed by atoms with Gasteiger partial charge in [0.05, 0.1) is 5.41 Å². The van der Waals surface area contributed by atoms with Crippen LogP contribution in [0.5, 0.6) is 0 Å². The Kier molecular flexibility index (Phi) is 2.76. The number of hydrogen-bond donors (Lipinski definition) is 0. The monoisotopic (exact) mass is 202 g/mol. The van der Waals surface area contributed by atoms with Crippen molar-refractivity contribution in [3.05, 3.63) is 12.7 Å². The minimum absolute atomic E-state index is 0.347. The summed E-state index contributed by atoms with van der Waals surface area (Å²) in [6.45, 7) is 5.29. The Labute approximate surface area is 81.7 Å². The van der Waals surface area contributed by atoms with E-state index in [4.69, 9.17) is 16.3 Å². The molecule has 0 saturated carbocycles. The predicted octanol–water partition coefficient (Wildman–Crippen LogP) is 1.65. The number of cyclic esters (lactones) is 1. The number of carbonyl (C=O) groups is 2. The summed E-state index contributed by atoms with van der Waals surface area (Å²) in [6.07, 6.45) is 1.72. The average Bonchev–Trinajstić information content (AvgIpc) is 2.29. The molecule has 1 rings (SSSR count). The maximum absolute atomic E-state index is 11.3. The van der Waals surface area contributed by atoms with Crippen LogP contribution >= 0.6 is 11.6 Å². The van der Waals surface area contributed by atoms with Gasteiger partial charge in [0.1, 0.15) is 0 Å². The highest BCUT2D eigenvalue weighted by atomic mass is 35.5. The normalized spacial score (nSPS) is 32.8. The molecular weight excluding hydrogens is 192 g/mol. The van der Waals surface area contributed by atoms with Crippen molar-refractivity contribution in [2.45, 2.75) is 25.9 Å². The van der Waals surface area contributed by atoms with Gasteiger partial charge in [0.2, 0.25) is 0 Å². The first kappa shape index (κ1) is 10.3. The molecule has 0 aromatic rings. The van der Waals surface area contributed by atoms with Gasteiger partial charge >= 0.3 is 5.97 Å². The molecule has 2 atom stereocenters. The zero-order valence-corrected chi connectivity index (χ0v) is 8.13. The molecule has 13 heavy (non-hydrogen) atoms. The van der Waals surface area contributed by atoms with Gasteiger partial charge in [0, 0.05) is 6.42 Å². The smallest absolute Gasteiger partial charge is 0.313 e. The summed E-state index contributed by atoms with van der Waals surface area (Å²) in [5.74, 6) is -0.369. The number of ether oxygens (including phenoxy) is 1. The van der Waals surface area contributed by atoms with Gasteiger partial charge in [-0.1, -0.05) is 6.08 Å². The second kappa shape index (κ2) is 3.50. The number of rotatable bonds is 3. The second-order valence-electron chi connectivity index (χ2n) is 3.46. The summed E-state index contributed by atoms with van der Waals surface area (Å²) in [4.78, 5) is 22.1. The van der Waals surface area contributed by atoms with E-state index in [-0.39, 0.29) is 5.97 Å². The Balaban J connectivity index is 2.76. The zero-order valence-electron chi connectivity index (χ0n) is 7.38. The topological polar surface area (TPSA) is 43.4 Å². The van der Waals surface area contributed by atoms with E-state index in [1.807, 2.05) is 0 Å². The lowest BCUT2D eigenvalue weighted by molar-refractivity contribution is -0.150. The van der Waals surface area contributed by atoms with Gasteiger partial charge in [-0.2, -0.15) is 0 Å². The molecule has 1 saturated heterocycles. The van der Waals surface area contributed by atoms with E-state index in [2.05, 4.69) is 6.58 Å². The molecule has 1 aliphatic heterocycles. The molecule has 4 heteroatoms. The summed E-state index contributed by atoms with van der Waals surface area (Å²) in [7, 11) is 0. The third kappa shape index (κ3) is 1.91. The van der Waals surface area contributed by atoms with Crippen LogP contribution in [0.25, 0.3) is 0 Å². The van der Waals surface area contributed by atoms with E-state index in [1.165, 1.54) is 0 Å². The molecule has 0 aromatic heterocycles. The molecular formula is C9H11ClO3. The van der Waals surface area contributed by atoms with Crippen molar-refractivity contribution in [3.8, 4) is 0 Å². The van der Waals surface area contributed by atoms with Crippen LogP contribution in [0.4, 0.5) is 0 Å². The number of esters is 1. The molecule has 1 heterocycles. The van der Waals surface area contributed by atoms with Crippen LogP contribution in [0.1, 0.15) is 19.8 Å². The lowest BCUT2D eigenvalue weighted by atomic mass is 9.84. The fraction of sp³-hybridized carbons (Fsp3) is 0.556. The molecule has 1 fully saturated rings. The van der Waals surface area contributed by atoms with Gasteiger partial charge < -0.3 is 4.74 Å². The molecule has 0 amide bonds. The zero-order chi connectivity index (χ0) is 10.1. The van der Waals surface area contributed by atoms with Crippen molar-refractivity contribution in [1.82, 2.24) is 0 Å². The summed E-state index contributed by atoms with van der Waals surface area (Å²) < 4.78 is 4.82. The summed E-state index contributed by atoms with van der Waals surface area (Å²) in [5, 5.41) is -0.610. The molecule has 72 valence electrons. The third-order valence-electron chi connectivity index (χ3n) is 2.23. The van der Waals surface area contributed by atoms with Crippen LogP contribution in [-0.2, 0) is 14.3 Å². The van der Waals surface area contributed by atoms with Gasteiger partial charge in [-0.25, -0.2) is 0 Å². The Morgan fingerprint density at radius 2 is 2.54 bits per heavy atom. The first-order valence-electron chi connectivity index (χ1n) is 4.01. The van der Waals surface area contributed by atoms with Gasteiger partial charge in [-0.05, 0) is 24.9 Å². The van der Waals surface area contributed by atoms with Crippen molar-refractivity contribution in [2.75, 3.05) is 0 Å². The summed E-state index contributed by atoms with van der Waals surface area (Å²) in [6, 6.07) is 0.